The van der Waals surface area contributed by atoms with Crippen molar-refractivity contribution >= 4 is 21.6 Å². The van der Waals surface area contributed by atoms with Gasteiger partial charge in [0, 0.05) is 17.4 Å². The van der Waals surface area contributed by atoms with Gasteiger partial charge in [0.25, 0.3) is 0 Å². The van der Waals surface area contributed by atoms with Crippen LogP contribution < -0.4 is 10.5 Å². The molecule has 29 heavy (non-hydrogen) atoms. The zero-order valence-corrected chi connectivity index (χ0v) is 17.6. The number of aryl methyl sites for hydroxylation is 1. The topological polar surface area (TPSA) is 115 Å². The first-order valence-electron chi connectivity index (χ1n) is 9.82. The molecule has 0 unspecified atom stereocenters. The fraction of sp³-hybridized carbons (Fsp3) is 0.526. The number of carbonyl (C=O) groups is 1. The highest BCUT2D eigenvalue weighted by molar-refractivity contribution is 7.91. The predicted molar refractivity (Wildman–Crippen MR) is 108 cm³/mol. The minimum atomic E-state index is -3.82. The molecule has 0 radical (unpaired) electrons. The number of pyridine rings is 1. The van der Waals surface area contributed by atoms with E-state index in [0.29, 0.717) is 11.6 Å². The summed E-state index contributed by atoms with van der Waals surface area (Å²) in [6, 6.07) is -1.01. The Morgan fingerprint density at radius 2 is 2.14 bits per heavy atom. The lowest BCUT2D eigenvalue weighted by Gasteiger charge is -2.15. The SMILES string of the molecule is CC(C)n1cc(F)c([S@@](N)(=O)=NC(=O)Nc2c3c(nc4c2CC[C@H]4C)CCC3)n1. The van der Waals surface area contributed by atoms with E-state index in [-0.39, 0.29) is 6.04 Å². The van der Waals surface area contributed by atoms with E-state index in [4.69, 9.17) is 10.1 Å². The summed E-state index contributed by atoms with van der Waals surface area (Å²) in [7, 11) is -3.82. The van der Waals surface area contributed by atoms with Crippen molar-refractivity contribution in [3.63, 3.8) is 0 Å². The molecule has 0 fully saturated rings. The maximum Gasteiger partial charge on any atom is 0.354 e. The molecule has 0 aromatic carbocycles. The van der Waals surface area contributed by atoms with Crippen LogP contribution in [0.3, 0.4) is 0 Å². The van der Waals surface area contributed by atoms with Crippen molar-refractivity contribution in [2.75, 3.05) is 5.32 Å². The quantitative estimate of drug-likeness (QED) is 0.791. The highest BCUT2D eigenvalue weighted by Crippen LogP contribution is 2.41. The first-order chi connectivity index (χ1) is 13.7. The molecule has 3 N–H and O–H groups in total. The third-order valence-electron chi connectivity index (χ3n) is 5.56. The molecule has 0 saturated carbocycles. The van der Waals surface area contributed by atoms with Crippen LogP contribution in [0.2, 0.25) is 0 Å². The molecular formula is C19H25FN6O2S. The summed E-state index contributed by atoms with van der Waals surface area (Å²) in [6.45, 7) is 5.71. The largest absolute Gasteiger partial charge is 0.354 e. The lowest BCUT2D eigenvalue weighted by molar-refractivity contribution is 0.260. The van der Waals surface area contributed by atoms with Crippen LogP contribution in [0.1, 0.15) is 68.1 Å². The molecule has 0 bridgehead atoms. The molecule has 156 valence electrons. The van der Waals surface area contributed by atoms with Gasteiger partial charge in [0.2, 0.25) is 5.03 Å². The van der Waals surface area contributed by atoms with Gasteiger partial charge in [-0.25, -0.2) is 18.5 Å². The van der Waals surface area contributed by atoms with Crippen molar-refractivity contribution in [3.05, 3.63) is 34.5 Å². The highest BCUT2D eigenvalue weighted by Gasteiger charge is 2.30. The van der Waals surface area contributed by atoms with E-state index in [2.05, 4.69) is 21.7 Å². The summed E-state index contributed by atoms with van der Waals surface area (Å²) < 4.78 is 31.9. The summed E-state index contributed by atoms with van der Waals surface area (Å²) in [5.41, 5.74) is 4.75. The van der Waals surface area contributed by atoms with Crippen molar-refractivity contribution in [2.24, 2.45) is 9.50 Å². The van der Waals surface area contributed by atoms with E-state index in [1.807, 2.05) is 0 Å². The van der Waals surface area contributed by atoms with Crippen molar-refractivity contribution in [2.45, 2.75) is 69.9 Å². The van der Waals surface area contributed by atoms with Gasteiger partial charge in [-0.05, 0) is 63.0 Å². The zero-order valence-electron chi connectivity index (χ0n) is 16.7. The highest BCUT2D eigenvalue weighted by atomic mass is 32.2. The average molecular weight is 421 g/mol. The lowest BCUT2D eigenvalue weighted by atomic mass is 10.0. The Bertz CT molecular complexity index is 1120. The van der Waals surface area contributed by atoms with Gasteiger partial charge in [0.05, 0.1) is 11.9 Å². The zero-order chi connectivity index (χ0) is 20.9. The third-order valence-corrected chi connectivity index (χ3v) is 6.83. The maximum atomic E-state index is 14.2. The molecule has 2 amide bonds. The molecule has 10 heteroatoms. The van der Waals surface area contributed by atoms with Crippen LogP contribution in [-0.2, 0) is 29.2 Å². The molecular weight excluding hydrogens is 395 g/mol. The van der Waals surface area contributed by atoms with Gasteiger partial charge in [0.15, 0.2) is 15.7 Å². The number of rotatable bonds is 3. The summed E-state index contributed by atoms with van der Waals surface area (Å²) in [6.07, 6.45) is 5.56. The maximum absolute atomic E-state index is 14.2. The molecule has 2 aromatic heterocycles. The predicted octanol–water partition coefficient (Wildman–Crippen LogP) is 3.47. The molecule has 0 aliphatic heterocycles. The van der Waals surface area contributed by atoms with E-state index < -0.39 is 26.8 Å². The second-order valence-corrected chi connectivity index (χ2v) is 9.72. The average Bonchev–Trinajstić information content (AvgIpc) is 3.33. The van der Waals surface area contributed by atoms with Gasteiger partial charge in [-0.1, -0.05) is 6.92 Å². The fourth-order valence-corrected chi connectivity index (χ4v) is 4.99. The minimum Gasteiger partial charge on any atom is -0.305 e. The fourth-order valence-electron chi connectivity index (χ4n) is 4.06. The van der Waals surface area contributed by atoms with Crippen molar-refractivity contribution < 1.29 is 13.4 Å². The second kappa shape index (κ2) is 7.17. The number of fused-ring (bicyclic) bond motifs is 2. The van der Waals surface area contributed by atoms with Crippen LogP contribution in [-0.4, -0.2) is 25.0 Å². The second-order valence-electron chi connectivity index (χ2n) is 8.02. The molecule has 2 heterocycles. The number of nitrogens with one attached hydrogen (secondary N) is 1. The Balaban J connectivity index is 1.69. The number of amides is 2. The Morgan fingerprint density at radius 3 is 2.83 bits per heavy atom. The van der Waals surface area contributed by atoms with Gasteiger partial charge in [-0.15, -0.1) is 4.36 Å². The minimum absolute atomic E-state index is 0.147. The standard InChI is InChI=1S/C19H25FN6O2S/c1-10(2)26-9-14(20)18(24-26)29(21,28)25-19(27)23-17-12-5-4-6-15(12)22-16-11(3)7-8-13(16)17/h9-11H,4-8H2,1-3H3,(H3,21,22,23,25,27,28)/t11-,29+/m1/s1. The molecule has 2 atom stereocenters. The third kappa shape index (κ3) is 3.55. The van der Waals surface area contributed by atoms with Crippen LogP contribution in [0, 0.1) is 5.82 Å². The molecule has 4 rings (SSSR count). The van der Waals surface area contributed by atoms with E-state index in [0.717, 1.165) is 60.8 Å². The Morgan fingerprint density at radius 1 is 1.38 bits per heavy atom. The van der Waals surface area contributed by atoms with Gasteiger partial charge in [0.1, 0.15) is 0 Å². The number of hydrogen-bond acceptors (Lipinski definition) is 4. The van der Waals surface area contributed by atoms with E-state index in [9.17, 15) is 13.4 Å². The summed E-state index contributed by atoms with van der Waals surface area (Å²) >= 11 is 0. The molecule has 2 aliphatic carbocycles. The van der Waals surface area contributed by atoms with E-state index in [1.165, 1.54) is 4.68 Å². The van der Waals surface area contributed by atoms with E-state index >= 15 is 0 Å². The van der Waals surface area contributed by atoms with Crippen molar-refractivity contribution in [1.82, 2.24) is 14.8 Å². The normalized spacial score (nSPS) is 19.7. The number of hydrogen-bond donors (Lipinski definition) is 2. The number of anilines is 1. The molecule has 2 aliphatic rings. The van der Waals surface area contributed by atoms with Crippen LogP contribution >= 0.6 is 0 Å². The Labute approximate surface area is 169 Å². The first-order valence-corrected chi connectivity index (χ1v) is 11.4. The van der Waals surface area contributed by atoms with Crippen molar-refractivity contribution in [1.29, 1.82) is 0 Å². The summed E-state index contributed by atoms with van der Waals surface area (Å²) in [5, 5.41) is 11.9. The van der Waals surface area contributed by atoms with Crippen LogP contribution in [0.25, 0.3) is 0 Å². The molecule has 0 saturated heterocycles. The summed E-state index contributed by atoms with van der Waals surface area (Å²) in [5.74, 6) is -0.515. The number of nitrogens with zero attached hydrogens (tertiary/aromatic N) is 4. The first kappa shape index (κ1) is 20.0. The number of urea groups is 1. The monoisotopic (exact) mass is 420 g/mol. The lowest BCUT2D eigenvalue weighted by Crippen LogP contribution is -2.20. The van der Waals surface area contributed by atoms with Crippen molar-refractivity contribution in [3.8, 4) is 0 Å². The molecule has 0 spiro atoms. The summed E-state index contributed by atoms with van der Waals surface area (Å²) in [4.78, 5) is 17.4. The van der Waals surface area contributed by atoms with Crippen LogP contribution in [0.15, 0.2) is 15.6 Å². The van der Waals surface area contributed by atoms with Gasteiger partial charge >= 0.3 is 6.03 Å². The number of aromatic nitrogens is 3. The van der Waals surface area contributed by atoms with Gasteiger partial charge in [-0.3, -0.25) is 9.67 Å². The number of carbonyl (C=O) groups excluding carboxylic acids is 1. The smallest absolute Gasteiger partial charge is 0.305 e. The Hall–Kier alpha value is -2.33. The number of nitrogens with two attached hydrogens (primary N) is 1. The molecule has 2 aromatic rings. The Kier molecular flexibility index (Phi) is 4.94. The van der Waals surface area contributed by atoms with E-state index in [1.54, 1.807) is 13.8 Å². The molecule has 8 nitrogen and oxygen atoms in total. The van der Waals surface area contributed by atoms with Gasteiger partial charge < -0.3 is 5.32 Å². The van der Waals surface area contributed by atoms with Crippen LogP contribution in [0.4, 0.5) is 14.9 Å². The number of halogens is 1. The van der Waals surface area contributed by atoms with Crippen LogP contribution in [0.5, 0.6) is 0 Å². The van der Waals surface area contributed by atoms with Gasteiger partial charge in [-0.2, -0.15) is 5.10 Å².